The highest BCUT2D eigenvalue weighted by atomic mass is 31.3. The fourth-order valence-electron chi connectivity index (χ4n) is 0.238. The largest absolute Gasteiger partial charge is 0.778 e. The summed E-state index contributed by atoms with van der Waals surface area (Å²) in [5.74, 6) is 0. The Labute approximate surface area is 64.0 Å². The summed E-state index contributed by atoms with van der Waals surface area (Å²) in [5.41, 5.74) is -0.975. The van der Waals surface area contributed by atoms with E-state index < -0.39 is 21.1 Å². The monoisotopic (exact) mass is 202 g/mol. The van der Waals surface area contributed by atoms with E-state index >= 15 is 0 Å². The Morgan fingerprint density at radius 1 is 1.36 bits per heavy atom. The molecule has 0 aliphatic heterocycles. The van der Waals surface area contributed by atoms with Crippen molar-refractivity contribution in [1.29, 1.82) is 0 Å². The molecule has 0 bridgehead atoms. The van der Waals surface area contributed by atoms with Crippen LogP contribution in [0.25, 0.3) is 0 Å². The van der Waals surface area contributed by atoms with Crippen molar-refractivity contribution in [2.75, 3.05) is 0 Å². The van der Waals surface area contributed by atoms with Gasteiger partial charge >= 0.3 is 0 Å². The summed E-state index contributed by atoms with van der Waals surface area (Å²) in [4.78, 5) is 28.6. The van der Waals surface area contributed by atoms with E-state index in [-0.39, 0.29) is 0 Å². The van der Waals surface area contributed by atoms with Gasteiger partial charge in [-0.05, 0) is 0 Å². The van der Waals surface area contributed by atoms with E-state index in [1.807, 2.05) is 0 Å². The van der Waals surface area contributed by atoms with Crippen molar-refractivity contribution in [2.24, 2.45) is 0 Å². The first-order valence-corrected chi connectivity index (χ1v) is 5.82. The van der Waals surface area contributed by atoms with E-state index in [0.29, 0.717) is 0 Å². The molecular weight excluding hydrogens is 194 g/mol. The maximum Gasteiger partial charge on any atom is 0.270 e. The zero-order chi connectivity index (χ0) is 9.28. The molecule has 0 amide bonds. The lowest BCUT2D eigenvalue weighted by Crippen LogP contribution is -2.15. The second-order valence-corrected chi connectivity index (χ2v) is 5.89. The first-order chi connectivity index (χ1) is 4.65. The minimum Gasteiger partial charge on any atom is -0.778 e. The van der Waals surface area contributed by atoms with Crippen LogP contribution in [0.5, 0.6) is 0 Å². The Morgan fingerprint density at radius 3 is 1.82 bits per heavy atom. The Balaban J connectivity index is 4.39. The molecule has 2 unspecified atom stereocenters. The van der Waals surface area contributed by atoms with Crippen LogP contribution in [0.3, 0.4) is 0 Å². The molecule has 0 heterocycles. The van der Waals surface area contributed by atoms with E-state index in [9.17, 15) is 18.9 Å². The summed E-state index contributed by atoms with van der Waals surface area (Å²) < 4.78 is 24.0. The van der Waals surface area contributed by atoms with Crippen LogP contribution in [0.15, 0.2) is 0 Å². The molecule has 0 aliphatic carbocycles. The highest BCUT2D eigenvalue weighted by Crippen LogP contribution is 2.54. The van der Waals surface area contributed by atoms with Crippen LogP contribution >= 0.6 is 15.4 Å². The van der Waals surface area contributed by atoms with Gasteiger partial charge in [-0.25, -0.2) is 0 Å². The summed E-state index contributed by atoms with van der Waals surface area (Å²) >= 11 is 0. The topological polar surface area (TPSA) is 110 Å². The van der Waals surface area contributed by atoms with Crippen LogP contribution in [0, 0.1) is 0 Å². The molecule has 68 valence electrons. The lowest BCUT2D eigenvalue weighted by molar-refractivity contribution is -0.228. The van der Waals surface area contributed by atoms with Gasteiger partial charge in [-0.15, -0.1) is 0 Å². The SMILES string of the molecule is CC(C)P(=O)([O-])OP(=O)([O-])O. The molecule has 0 aromatic rings. The lowest BCUT2D eigenvalue weighted by Gasteiger charge is -2.30. The molecule has 0 fully saturated rings. The number of rotatable bonds is 3. The zero-order valence-corrected chi connectivity index (χ0v) is 7.75. The van der Waals surface area contributed by atoms with E-state index in [1.54, 1.807) is 0 Å². The van der Waals surface area contributed by atoms with Gasteiger partial charge in [-0.2, -0.15) is 0 Å². The van der Waals surface area contributed by atoms with Crippen molar-refractivity contribution in [3.63, 3.8) is 0 Å². The number of phosphoric acid groups is 1. The molecule has 11 heavy (non-hydrogen) atoms. The molecule has 2 atom stereocenters. The fraction of sp³-hybridized carbons (Fsp3) is 1.00. The molecule has 8 heteroatoms. The quantitative estimate of drug-likeness (QED) is 0.613. The Kier molecular flexibility index (Phi) is 3.44. The average Bonchev–Trinajstić information content (AvgIpc) is 1.56. The lowest BCUT2D eigenvalue weighted by atomic mass is 10.6. The molecular formula is C3H8O6P2-2. The van der Waals surface area contributed by atoms with E-state index in [2.05, 4.69) is 4.31 Å². The first-order valence-electron chi connectivity index (χ1n) is 2.71. The first kappa shape index (κ1) is 11.3. The third kappa shape index (κ3) is 4.69. The number of hydrogen-bond donors (Lipinski definition) is 1. The minimum atomic E-state index is -5.17. The molecule has 0 spiro atoms. The van der Waals surface area contributed by atoms with Gasteiger partial charge in [0.15, 0.2) is 0 Å². The molecule has 0 saturated carbocycles. The fourth-order valence-corrected chi connectivity index (χ4v) is 2.14. The Morgan fingerprint density at radius 2 is 1.73 bits per heavy atom. The van der Waals surface area contributed by atoms with Crippen LogP contribution in [0.1, 0.15) is 13.8 Å². The van der Waals surface area contributed by atoms with Crippen LogP contribution in [-0.2, 0) is 13.4 Å². The molecule has 1 N–H and O–H groups in total. The van der Waals surface area contributed by atoms with Crippen molar-refractivity contribution in [2.45, 2.75) is 19.5 Å². The van der Waals surface area contributed by atoms with Crippen LogP contribution in [-0.4, -0.2) is 10.6 Å². The highest BCUT2D eigenvalue weighted by Gasteiger charge is 2.18. The van der Waals surface area contributed by atoms with Gasteiger partial charge < -0.3 is 19.2 Å². The predicted molar refractivity (Wildman–Crippen MR) is 33.7 cm³/mol. The molecule has 0 aromatic carbocycles. The third-order valence-corrected chi connectivity index (χ3v) is 3.85. The summed E-state index contributed by atoms with van der Waals surface area (Å²) in [6, 6.07) is 0. The molecule has 0 radical (unpaired) electrons. The molecule has 0 saturated heterocycles. The van der Waals surface area contributed by atoms with Crippen molar-refractivity contribution >= 4 is 15.4 Å². The molecule has 0 aromatic heterocycles. The predicted octanol–water partition coefficient (Wildman–Crippen LogP) is -0.575. The summed E-state index contributed by atoms with van der Waals surface area (Å²) in [5, 5.41) is 0. The van der Waals surface area contributed by atoms with Crippen LogP contribution < -0.4 is 9.79 Å². The van der Waals surface area contributed by atoms with Crippen LogP contribution in [0.2, 0.25) is 0 Å². The molecule has 0 aliphatic rings. The van der Waals surface area contributed by atoms with Crippen molar-refractivity contribution in [3.05, 3.63) is 0 Å². The smallest absolute Gasteiger partial charge is 0.270 e. The van der Waals surface area contributed by atoms with Gasteiger partial charge in [0.05, 0.1) is 0 Å². The van der Waals surface area contributed by atoms with Gasteiger partial charge in [-0.1, -0.05) is 13.8 Å². The second kappa shape index (κ2) is 3.35. The van der Waals surface area contributed by atoms with Gasteiger partial charge in [0.25, 0.3) is 7.82 Å². The maximum atomic E-state index is 10.6. The van der Waals surface area contributed by atoms with Gasteiger partial charge in [0.2, 0.25) is 0 Å². The third-order valence-electron chi connectivity index (χ3n) is 0.849. The van der Waals surface area contributed by atoms with Crippen molar-refractivity contribution in [1.82, 2.24) is 0 Å². The van der Waals surface area contributed by atoms with Gasteiger partial charge in [-0.3, -0.25) is 8.88 Å². The maximum absolute atomic E-state index is 10.6. The summed E-state index contributed by atoms with van der Waals surface area (Å²) in [7, 11) is -9.63. The zero-order valence-electron chi connectivity index (χ0n) is 5.96. The summed E-state index contributed by atoms with van der Waals surface area (Å²) in [6.45, 7) is 2.48. The molecule has 0 rings (SSSR count). The van der Waals surface area contributed by atoms with Crippen molar-refractivity contribution in [3.8, 4) is 0 Å². The van der Waals surface area contributed by atoms with Crippen LogP contribution in [0.4, 0.5) is 0 Å². The normalized spacial score (nSPS) is 22.7. The Hall–Kier alpha value is 0.300. The Bertz CT molecular complexity index is 216. The van der Waals surface area contributed by atoms with E-state index in [4.69, 9.17) is 4.89 Å². The molecule has 6 nitrogen and oxygen atoms in total. The average molecular weight is 202 g/mol. The van der Waals surface area contributed by atoms with E-state index in [0.717, 1.165) is 0 Å². The van der Waals surface area contributed by atoms with Gasteiger partial charge in [0, 0.05) is 5.66 Å². The van der Waals surface area contributed by atoms with Crippen molar-refractivity contribution < 1.29 is 28.1 Å². The standard InChI is InChI=1S/C3H10O6P2/c1-3(2)10(4,5)9-11(6,7)8/h3H,1-2H3,(H,4,5)(H2,6,7,8)/p-2. The van der Waals surface area contributed by atoms with E-state index in [1.165, 1.54) is 13.8 Å². The second-order valence-electron chi connectivity index (χ2n) is 2.18. The number of hydrogen-bond acceptors (Lipinski definition) is 5. The minimum absolute atomic E-state index is 0.975. The van der Waals surface area contributed by atoms with Gasteiger partial charge in [0.1, 0.15) is 7.60 Å². The highest BCUT2D eigenvalue weighted by molar-refractivity contribution is 7.62. The summed E-state index contributed by atoms with van der Waals surface area (Å²) in [6.07, 6.45) is 0.